The minimum absolute atomic E-state index is 0.205. The van der Waals surface area contributed by atoms with Crippen LogP contribution in [0, 0.1) is 5.92 Å². The second-order valence-electron chi connectivity index (χ2n) is 4.98. The first-order valence-corrected chi connectivity index (χ1v) is 6.56. The molecule has 0 aliphatic heterocycles. The van der Waals surface area contributed by atoms with Gasteiger partial charge in [-0.15, -0.1) is 0 Å². The predicted molar refractivity (Wildman–Crippen MR) is 74.7 cm³/mol. The van der Waals surface area contributed by atoms with Crippen molar-refractivity contribution in [2.45, 2.75) is 53.2 Å². The maximum absolute atomic E-state index is 5.80. The van der Waals surface area contributed by atoms with Crippen molar-refractivity contribution in [3.63, 3.8) is 0 Å². The van der Waals surface area contributed by atoms with Crippen molar-refractivity contribution in [1.29, 1.82) is 0 Å². The first-order chi connectivity index (χ1) is 8.04. The highest BCUT2D eigenvalue weighted by Crippen LogP contribution is 2.26. The maximum atomic E-state index is 5.80. The van der Waals surface area contributed by atoms with Crippen molar-refractivity contribution in [2.24, 2.45) is 5.92 Å². The van der Waals surface area contributed by atoms with E-state index in [0.717, 1.165) is 11.4 Å². The van der Waals surface area contributed by atoms with Gasteiger partial charge in [0, 0.05) is 6.04 Å². The van der Waals surface area contributed by atoms with Crippen LogP contribution in [0.15, 0.2) is 24.3 Å². The standard InChI is InChI=1S/C15H25NO/c1-6-12(4)13(5)16-14-9-7-8-10-15(14)17-11(2)3/h7-13,16H,6H2,1-5H3. The van der Waals surface area contributed by atoms with E-state index in [1.807, 2.05) is 18.2 Å². The van der Waals surface area contributed by atoms with Crippen LogP contribution in [0.4, 0.5) is 5.69 Å². The van der Waals surface area contributed by atoms with Crippen molar-refractivity contribution < 1.29 is 4.74 Å². The fourth-order valence-electron chi connectivity index (χ4n) is 1.68. The monoisotopic (exact) mass is 235 g/mol. The number of anilines is 1. The smallest absolute Gasteiger partial charge is 0.142 e. The van der Waals surface area contributed by atoms with Crippen LogP contribution in [0.5, 0.6) is 5.75 Å². The Balaban J connectivity index is 2.76. The molecule has 2 unspecified atom stereocenters. The summed E-state index contributed by atoms with van der Waals surface area (Å²) < 4.78 is 5.80. The Morgan fingerprint density at radius 2 is 1.76 bits per heavy atom. The first kappa shape index (κ1) is 13.9. The van der Waals surface area contributed by atoms with Crippen LogP contribution in [-0.4, -0.2) is 12.1 Å². The van der Waals surface area contributed by atoms with E-state index in [1.54, 1.807) is 0 Å². The number of ether oxygens (including phenoxy) is 1. The van der Waals surface area contributed by atoms with Gasteiger partial charge in [-0.1, -0.05) is 32.4 Å². The Morgan fingerprint density at radius 1 is 1.12 bits per heavy atom. The molecular formula is C15H25NO. The molecule has 0 fully saturated rings. The first-order valence-electron chi connectivity index (χ1n) is 6.56. The largest absolute Gasteiger partial charge is 0.489 e. The third-order valence-electron chi connectivity index (χ3n) is 3.13. The Bertz CT molecular complexity index is 335. The van der Waals surface area contributed by atoms with Crippen LogP contribution in [0.25, 0.3) is 0 Å². The van der Waals surface area contributed by atoms with Gasteiger partial charge in [-0.3, -0.25) is 0 Å². The molecule has 0 spiro atoms. The molecule has 0 heterocycles. The van der Waals surface area contributed by atoms with Gasteiger partial charge in [0.25, 0.3) is 0 Å². The summed E-state index contributed by atoms with van der Waals surface area (Å²) in [6.07, 6.45) is 1.39. The lowest BCUT2D eigenvalue weighted by Gasteiger charge is -2.23. The van der Waals surface area contributed by atoms with Crippen LogP contribution in [0.3, 0.4) is 0 Å². The lowest BCUT2D eigenvalue weighted by molar-refractivity contribution is 0.243. The van der Waals surface area contributed by atoms with Gasteiger partial charge in [0.05, 0.1) is 11.8 Å². The summed E-state index contributed by atoms with van der Waals surface area (Å²) in [4.78, 5) is 0. The van der Waals surface area contributed by atoms with Crippen molar-refractivity contribution in [2.75, 3.05) is 5.32 Å². The van der Waals surface area contributed by atoms with Gasteiger partial charge < -0.3 is 10.1 Å². The van der Waals surface area contributed by atoms with Crippen molar-refractivity contribution >= 4 is 5.69 Å². The van der Waals surface area contributed by atoms with Crippen LogP contribution in [0.1, 0.15) is 41.0 Å². The molecule has 0 saturated carbocycles. The van der Waals surface area contributed by atoms with Crippen molar-refractivity contribution in [3.8, 4) is 5.75 Å². The van der Waals surface area contributed by atoms with E-state index in [0.29, 0.717) is 12.0 Å². The van der Waals surface area contributed by atoms with Crippen LogP contribution in [0.2, 0.25) is 0 Å². The molecule has 1 N–H and O–H groups in total. The van der Waals surface area contributed by atoms with Gasteiger partial charge in [-0.05, 0) is 38.8 Å². The minimum atomic E-state index is 0.205. The number of para-hydroxylation sites is 2. The van der Waals surface area contributed by atoms with E-state index in [4.69, 9.17) is 4.74 Å². The molecule has 0 saturated heterocycles. The Hall–Kier alpha value is -1.18. The van der Waals surface area contributed by atoms with E-state index < -0.39 is 0 Å². The van der Waals surface area contributed by atoms with Gasteiger partial charge in [0.15, 0.2) is 0 Å². The fourth-order valence-corrected chi connectivity index (χ4v) is 1.68. The number of hydrogen-bond acceptors (Lipinski definition) is 2. The van der Waals surface area contributed by atoms with Crippen LogP contribution >= 0.6 is 0 Å². The maximum Gasteiger partial charge on any atom is 0.142 e. The normalized spacial score (nSPS) is 14.5. The third-order valence-corrected chi connectivity index (χ3v) is 3.13. The molecule has 0 radical (unpaired) electrons. The molecule has 0 aliphatic carbocycles. The fraction of sp³-hybridized carbons (Fsp3) is 0.600. The molecule has 0 bridgehead atoms. The number of benzene rings is 1. The Kier molecular flexibility index (Phi) is 5.33. The predicted octanol–water partition coefficient (Wildman–Crippen LogP) is 4.32. The average Bonchev–Trinajstić information content (AvgIpc) is 2.29. The summed E-state index contributed by atoms with van der Waals surface area (Å²) in [5.74, 6) is 1.60. The van der Waals surface area contributed by atoms with E-state index >= 15 is 0 Å². The summed E-state index contributed by atoms with van der Waals surface area (Å²) in [6.45, 7) is 10.8. The van der Waals surface area contributed by atoms with E-state index in [-0.39, 0.29) is 6.10 Å². The third kappa shape index (κ3) is 4.29. The second-order valence-corrected chi connectivity index (χ2v) is 4.98. The van der Waals surface area contributed by atoms with E-state index in [2.05, 4.69) is 46.0 Å². The van der Waals surface area contributed by atoms with Gasteiger partial charge in [-0.2, -0.15) is 0 Å². The highest BCUT2D eigenvalue weighted by Gasteiger charge is 2.12. The summed E-state index contributed by atoms with van der Waals surface area (Å²) in [6, 6.07) is 8.61. The molecule has 1 aromatic carbocycles. The summed E-state index contributed by atoms with van der Waals surface area (Å²) in [7, 11) is 0. The quantitative estimate of drug-likeness (QED) is 0.793. The molecule has 2 nitrogen and oxygen atoms in total. The molecule has 96 valence electrons. The highest BCUT2D eigenvalue weighted by atomic mass is 16.5. The zero-order valence-corrected chi connectivity index (χ0v) is 11.7. The summed E-state index contributed by atoms with van der Waals surface area (Å²) >= 11 is 0. The van der Waals surface area contributed by atoms with Crippen molar-refractivity contribution in [3.05, 3.63) is 24.3 Å². The zero-order valence-electron chi connectivity index (χ0n) is 11.7. The molecule has 2 heteroatoms. The second kappa shape index (κ2) is 6.53. The Morgan fingerprint density at radius 3 is 2.35 bits per heavy atom. The molecule has 17 heavy (non-hydrogen) atoms. The molecule has 0 aromatic heterocycles. The number of hydrogen-bond donors (Lipinski definition) is 1. The number of rotatable bonds is 6. The van der Waals surface area contributed by atoms with Crippen LogP contribution < -0.4 is 10.1 Å². The molecule has 1 aromatic rings. The lowest BCUT2D eigenvalue weighted by Crippen LogP contribution is -2.23. The van der Waals surface area contributed by atoms with E-state index in [1.165, 1.54) is 6.42 Å². The average molecular weight is 235 g/mol. The number of nitrogens with one attached hydrogen (secondary N) is 1. The minimum Gasteiger partial charge on any atom is -0.489 e. The zero-order chi connectivity index (χ0) is 12.8. The van der Waals surface area contributed by atoms with Gasteiger partial charge >= 0.3 is 0 Å². The molecule has 2 atom stereocenters. The molecule has 0 amide bonds. The molecule has 0 aliphatic rings. The van der Waals surface area contributed by atoms with Gasteiger partial charge in [0.2, 0.25) is 0 Å². The van der Waals surface area contributed by atoms with Gasteiger partial charge in [0.1, 0.15) is 5.75 Å². The van der Waals surface area contributed by atoms with Crippen LogP contribution in [-0.2, 0) is 0 Å². The topological polar surface area (TPSA) is 21.3 Å². The SMILES string of the molecule is CCC(C)C(C)Nc1ccccc1OC(C)C. The highest BCUT2D eigenvalue weighted by molar-refractivity contribution is 5.56. The van der Waals surface area contributed by atoms with E-state index in [9.17, 15) is 0 Å². The molecular weight excluding hydrogens is 210 g/mol. The summed E-state index contributed by atoms with van der Waals surface area (Å²) in [5, 5.41) is 3.54. The summed E-state index contributed by atoms with van der Waals surface area (Å²) in [5.41, 5.74) is 1.09. The Labute approximate surface area is 105 Å². The van der Waals surface area contributed by atoms with Crippen molar-refractivity contribution in [1.82, 2.24) is 0 Å². The van der Waals surface area contributed by atoms with Gasteiger partial charge in [-0.25, -0.2) is 0 Å². The molecule has 1 rings (SSSR count). The lowest BCUT2D eigenvalue weighted by atomic mass is 10.0.